The van der Waals surface area contributed by atoms with E-state index in [2.05, 4.69) is 15.3 Å². The first-order valence-corrected chi connectivity index (χ1v) is 8.69. The maximum atomic E-state index is 9.91. The van der Waals surface area contributed by atoms with Gasteiger partial charge in [0, 0.05) is 12.2 Å². The first-order valence-electron chi connectivity index (χ1n) is 8.32. The molecule has 2 aromatic heterocycles. The second-order valence-corrected chi connectivity index (χ2v) is 6.32. The van der Waals surface area contributed by atoms with Crippen LogP contribution in [0.5, 0.6) is 5.88 Å². The molecular weight excluding hydrogens is 356 g/mol. The highest BCUT2D eigenvalue weighted by Crippen LogP contribution is 2.34. The maximum Gasteiger partial charge on any atom is 0.222 e. The van der Waals surface area contributed by atoms with E-state index in [4.69, 9.17) is 21.7 Å². The van der Waals surface area contributed by atoms with Crippen LogP contribution in [0, 0.1) is 5.41 Å². The van der Waals surface area contributed by atoms with Gasteiger partial charge < -0.3 is 25.7 Å². The van der Waals surface area contributed by atoms with Gasteiger partial charge in [-0.3, -0.25) is 0 Å². The lowest BCUT2D eigenvalue weighted by Gasteiger charge is -2.19. The van der Waals surface area contributed by atoms with Crippen LogP contribution in [0.25, 0.3) is 11.3 Å². The fourth-order valence-electron chi connectivity index (χ4n) is 2.36. The quantitative estimate of drug-likeness (QED) is 0.525. The van der Waals surface area contributed by atoms with E-state index in [0.29, 0.717) is 34.5 Å². The minimum absolute atomic E-state index is 0.0374. The van der Waals surface area contributed by atoms with E-state index in [-0.39, 0.29) is 17.4 Å². The van der Waals surface area contributed by atoms with Crippen molar-refractivity contribution in [2.45, 2.75) is 32.9 Å². The van der Waals surface area contributed by atoms with Crippen LogP contribution in [-0.2, 0) is 0 Å². The summed E-state index contributed by atoms with van der Waals surface area (Å²) in [5, 5.41) is 30.8. The fourth-order valence-corrected chi connectivity index (χ4v) is 2.61. The van der Waals surface area contributed by atoms with Crippen LogP contribution in [0.1, 0.15) is 26.5 Å². The number of hydrogen-bond acceptors (Lipinski definition) is 7. The number of aliphatic hydroxyl groups excluding tert-OH is 2. The van der Waals surface area contributed by atoms with E-state index in [0.717, 1.165) is 0 Å². The summed E-state index contributed by atoms with van der Waals surface area (Å²) < 4.78 is 5.54. The van der Waals surface area contributed by atoms with Crippen molar-refractivity contribution in [1.29, 1.82) is 5.41 Å². The van der Waals surface area contributed by atoms with Gasteiger partial charge in [0.25, 0.3) is 0 Å². The third-order valence-electron chi connectivity index (χ3n) is 3.49. The second-order valence-electron chi connectivity index (χ2n) is 5.91. The lowest BCUT2D eigenvalue weighted by atomic mass is 10.1. The number of ether oxygens (including phenoxy) is 1. The van der Waals surface area contributed by atoms with E-state index >= 15 is 0 Å². The average Bonchev–Trinajstić information content (AvgIpc) is 2.62. The molecule has 0 aromatic carbocycles. The van der Waals surface area contributed by atoms with Crippen molar-refractivity contribution in [2.75, 3.05) is 18.5 Å². The molecule has 0 saturated heterocycles. The predicted molar refractivity (Wildman–Crippen MR) is 102 cm³/mol. The number of hydrogen-bond donors (Lipinski definition) is 4. The molecule has 0 saturated carbocycles. The van der Waals surface area contributed by atoms with Gasteiger partial charge in [-0.1, -0.05) is 11.6 Å². The Labute approximate surface area is 157 Å². The van der Waals surface area contributed by atoms with Crippen molar-refractivity contribution in [3.05, 3.63) is 35.1 Å². The van der Waals surface area contributed by atoms with Gasteiger partial charge >= 0.3 is 0 Å². The molecule has 0 radical (unpaired) electrons. The molecule has 0 bridgehead atoms. The van der Waals surface area contributed by atoms with Crippen LogP contribution >= 0.6 is 11.6 Å². The summed E-state index contributed by atoms with van der Waals surface area (Å²) in [6.45, 7) is 5.56. The second kappa shape index (κ2) is 8.93. The van der Waals surface area contributed by atoms with Crippen molar-refractivity contribution < 1.29 is 14.9 Å². The van der Waals surface area contributed by atoms with Crippen molar-refractivity contribution in [3.8, 4) is 17.1 Å². The van der Waals surface area contributed by atoms with Crippen LogP contribution in [0.3, 0.4) is 0 Å². The molecule has 140 valence electrons. The molecule has 2 aromatic rings. The fraction of sp³-hybridized carbons (Fsp3) is 0.389. The number of anilines is 1. The zero-order valence-electron chi connectivity index (χ0n) is 15.0. The molecule has 0 fully saturated rings. The summed E-state index contributed by atoms with van der Waals surface area (Å²) in [5.74, 6) is 0.406. The molecule has 0 spiro atoms. The molecule has 0 amide bonds. The molecule has 1 unspecified atom stereocenters. The molecule has 8 heteroatoms. The highest BCUT2D eigenvalue weighted by atomic mass is 35.5. The predicted octanol–water partition coefficient (Wildman–Crippen LogP) is 2.74. The molecule has 2 heterocycles. The third kappa shape index (κ3) is 4.49. The summed E-state index contributed by atoms with van der Waals surface area (Å²) in [5.41, 5.74) is 1.48. The average molecular weight is 379 g/mol. The van der Waals surface area contributed by atoms with Gasteiger partial charge in [-0.05, 0) is 39.0 Å². The van der Waals surface area contributed by atoms with Gasteiger partial charge in [0.05, 0.1) is 40.9 Å². The van der Waals surface area contributed by atoms with Gasteiger partial charge in [-0.15, -0.1) is 0 Å². The summed E-state index contributed by atoms with van der Waals surface area (Å²) in [4.78, 5) is 8.71. The lowest BCUT2D eigenvalue weighted by molar-refractivity contribution is 0.144. The minimum atomic E-state index is -1.36. The molecule has 1 atom stereocenters. The van der Waals surface area contributed by atoms with Gasteiger partial charge in [0.15, 0.2) is 0 Å². The maximum absolute atomic E-state index is 9.91. The van der Waals surface area contributed by atoms with Crippen molar-refractivity contribution >= 4 is 23.0 Å². The van der Waals surface area contributed by atoms with E-state index in [1.165, 1.54) is 0 Å². The molecule has 0 aliphatic carbocycles. The van der Waals surface area contributed by atoms with E-state index in [1.807, 2.05) is 20.8 Å². The molecule has 7 nitrogen and oxygen atoms in total. The zero-order chi connectivity index (χ0) is 19.3. The van der Waals surface area contributed by atoms with Gasteiger partial charge in [-0.25, -0.2) is 9.97 Å². The smallest absolute Gasteiger partial charge is 0.222 e. The van der Waals surface area contributed by atoms with Gasteiger partial charge in [0.1, 0.15) is 11.8 Å². The molecule has 26 heavy (non-hydrogen) atoms. The Kier molecular flexibility index (Phi) is 6.90. The Bertz CT molecular complexity index is 783. The van der Waals surface area contributed by atoms with E-state index < -0.39 is 12.7 Å². The Hall–Kier alpha value is -2.22. The first-order chi connectivity index (χ1) is 12.4. The lowest BCUT2D eigenvalue weighted by Crippen LogP contribution is -2.27. The third-order valence-corrected chi connectivity index (χ3v) is 3.79. The Morgan fingerprint density at radius 3 is 2.77 bits per heavy atom. The number of halogens is 1. The normalized spacial score (nSPS) is 12.1. The van der Waals surface area contributed by atoms with Gasteiger partial charge in [-0.2, -0.15) is 0 Å². The number of nitrogens with one attached hydrogen (secondary N) is 2. The van der Waals surface area contributed by atoms with E-state index in [1.54, 1.807) is 24.4 Å². The Morgan fingerprint density at radius 1 is 1.42 bits per heavy atom. The largest absolute Gasteiger partial charge is 0.477 e. The summed E-state index contributed by atoms with van der Waals surface area (Å²) in [6, 6.07) is 5.24. The SMILES string of the molecule is CCOc1ncccc1-c1cc(Cl)c(NC(C)C)c(C(=N)C(O)CO)n1. The van der Waals surface area contributed by atoms with Crippen LogP contribution in [0.2, 0.25) is 5.02 Å². The molecular formula is C18H23ClN4O3. The van der Waals surface area contributed by atoms with Crippen LogP contribution in [-0.4, -0.2) is 51.3 Å². The van der Waals surface area contributed by atoms with Crippen LogP contribution < -0.4 is 10.1 Å². The van der Waals surface area contributed by atoms with Gasteiger partial charge in [0.2, 0.25) is 5.88 Å². The summed E-state index contributed by atoms with van der Waals surface area (Å²) >= 11 is 6.45. The number of aliphatic hydroxyl groups is 2. The Balaban J connectivity index is 2.64. The minimum Gasteiger partial charge on any atom is -0.477 e. The topological polar surface area (TPSA) is 111 Å². The van der Waals surface area contributed by atoms with Crippen molar-refractivity contribution in [2.24, 2.45) is 0 Å². The standard InChI is InChI=1S/C18H23ClN4O3/c1-4-26-18-11(6-5-7-21-18)13-8-12(19)16(22-10(2)3)17(23-13)15(20)14(25)9-24/h5-8,10,14,20,22,24-25H,4,9H2,1-3H3. The highest BCUT2D eigenvalue weighted by Gasteiger charge is 2.22. The number of rotatable bonds is 8. The number of pyridine rings is 2. The number of aromatic nitrogens is 2. The molecule has 0 aliphatic heterocycles. The van der Waals surface area contributed by atoms with Crippen LogP contribution in [0.4, 0.5) is 5.69 Å². The Morgan fingerprint density at radius 2 is 2.15 bits per heavy atom. The molecule has 4 N–H and O–H groups in total. The van der Waals surface area contributed by atoms with E-state index in [9.17, 15) is 10.2 Å². The van der Waals surface area contributed by atoms with Crippen molar-refractivity contribution in [1.82, 2.24) is 9.97 Å². The molecule has 2 rings (SSSR count). The number of nitrogens with zero attached hydrogens (tertiary/aromatic N) is 2. The first kappa shape index (κ1) is 20.1. The zero-order valence-corrected chi connectivity index (χ0v) is 15.7. The monoisotopic (exact) mass is 378 g/mol. The van der Waals surface area contributed by atoms with Crippen molar-refractivity contribution in [3.63, 3.8) is 0 Å². The van der Waals surface area contributed by atoms with Crippen LogP contribution in [0.15, 0.2) is 24.4 Å². The summed E-state index contributed by atoms with van der Waals surface area (Å²) in [6.07, 6.45) is 0.255. The summed E-state index contributed by atoms with van der Waals surface area (Å²) in [7, 11) is 0. The highest BCUT2D eigenvalue weighted by molar-refractivity contribution is 6.34. The molecule has 0 aliphatic rings.